The molecule has 0 saturated carbocycles. The average Bonchev–Trinajstić information content (AvgIpc) is 2.73. The minimum Gasteiger partial charge on any atom is -0.456 e. The summed E-state index contributed by atoms with van der Waals surface area (Å²) in [6.07, 6.45) is 0.942. The van der Waals surface area contributed by atoms with Crippen LogP contribution in [0.3, 0.4) is 0 Å². The molecule has 0 radical (unpaired) electrons. The van der Waals surface area contributed by atoms with Gasteiger partial charge in [-0.25, -0.2) is 0 Å². The van der Waals surface area contributed by atoms with E-state index in [-0.39, 0.29) is 30.9 Å². The third-order valence-electron chi connectivity index (χ3n) is 4.21. The zero-order chi connectivity index (χ0) is 22.8. The second-order valence-electron chi connectivity index (χ2n) is 6.57. The molecule has 0 fully saturated rings. The summed E-state index contributed by atoms with van der Waals surface area (Å²) in [5, 5.41) is 16.0. The number of hydrogen-bond acceptors (Lipinski definition) is 6. The number of amides is 2. The standard InChI is InChI=1S/C21H22BrN3O6/c1-2-14-11-15(22)9-10-18(14)24-20(27)13-31-21(28)8-4-7-19(26)23-16-5-3-6-17(12-16)25(29)30/h3,5-6,9-12H,2,4,7-8,13H2,1H3,(H,23,26)(H,24,27). The van der Waals surface area contributed by atoms with E-state index >= 15 is 0 Å². The number of nitro groups is 1. The number of ether oxygens (including phenoxy) is 1. The summed E-state index contributed by atoms with van der Waals surface area (Å²) in [7, 11) is 0. The van der Waals surface area contributed by atoms with E-state index in [1.807, 2.05) is 13.0 Å². The van der Waals surface area contributed by atoms with Crippen LogP contribution in [0.2, 0.25) is 0 Å². The molecule has 10 heteroatoms. The number of halogens is 1. The minimum atomic E-state index is -0.593. The van der Waals surface area contributed by atoms with Gasteiger partial charge in [0.1, 0.15) is 0 Å². The number of benzene rings is 2. The molecule has 0 saturated heterocycles. The van der Waals surface area contributed by atoms with Gasteiger partial charge in [-0.05, 0) is 42.7 Å². The fourth-order valence-electron chi connectivity index (χ4n) is 2.70. The SMILES string of the molecule is CCc1cc(Br)ccc1NC(=O)COC(=O)CCCC(=O)Nc1cccc([N+](=O)[O-])c1. The van der Waals surface area contributed by atoms with Crippen molar-refractivity contribution in [2.45, 2.75) is 32.6 Å². The van der Waals surface area contributed by atoms with E-state index in [1.165, 1.54) is 24.3 Å². The second-order valence-corrected chi connectivity index (χ2v) is 7.49. The number of nitro benzene ring substituents is 1. The van der Waals surface area contributed by atoms with Crippen molar-refractivity contribution in [2.24, 2.45) is 0 Å². The Hall–Kier alpha value is -3.27. The van der Waals surface area contributed by atoms with Gasteiger partial charge in [-0.2, -0.15) is 0 Å². The molecule has 164 valence electrons. The number of carbonyl (C=O) groups excluding carboxylic acids is 3. The lowest BCUT2D eigenvalue weighted by Crippen LogP contribution is -2.21. The molecule has 31 heavy (non-hydrogen) atoms. The third kappa shape index (κ3) is 8.17. The lowest BCUT2D eigenvalue weighted by atomic mass is 10.1. The van der Waals surface area contributed by atoms with E-state index in [0.29, 0.717) is 11.4 Å². The molecule has 2 rings (SSSR count). The highest BCUT2D eigenvalue weighted by atomic mass is 79.9. The third-order valence-corrected chi connectivity index (χ3v) is 4.71. The molecular formula is C21H22BrN3O6. The van der Waals surface area contributed by atoms with Crippen LogP contribution in [0.15, 0.2) is 46.9 Å². The van der Waals surface area contributed by atoms with Crippen LogP contribution in [0, 0.1) is 10.1 Å². The highest BCUT2D eigenvalue weighted by molar-refractivity contribution is 9.10. The van der Waals surface area contributed by atoms with Crippen molar-refractivity contribution < 1.29 is 24.0 Å². The number of non-ortho nitro benzene ring substituents is 1. The highest BCUT2D eigenvalue weighted by Gasteiger charge is 2.12. The topological polar surface area (TPSA) is 128 Å². The van der Waals surface area contributed by atoms with Crippen molar-refractivity contribution in [3.63, 3.8) is 0 Å². The van der Waals surface area contributed by atoms with Crippen molar-refractivity contribution in [3.05, 3.63) is 62.6 Å². The quantitative estimate of drug-likeness (QED) is 0.291. The maximum absolute atomic E-state index is 12.0. The van der Waals surface area contributed by atoms with Gasteiger partial charge < -0.3 is 15.4 Å². The number of anilines is 2. The maximum atomic E-state index is 12.0. The zero-order valence-corrected chi connectivity index (χ0v) is 18.4. The molecular weight excluding hydrogens is 470 g/mol. The van der Waals surface area contributed by atoms with Crippen molar-refractivity contribution in [1.29, 1.82) is 0 Å². The minimum absolute atomic E-state index is 0.0305. The summed E-state index contributed by atoms with van der Waals surface area (Å²) in [5.74, 6) is -1.42. The first kappa shape index (κ1) is 24.0. The van der Waals surface area contributed by atoms with Gasteiger partial charge >= 0.3 is 5.97 Å². The maximum Gasteiger partial charge on any atom is 0.306 e. The molecule has 0 spiro atoms. The number of esters is 1. The van der Waals surface area contributed by atoms with Crippen LogP contribution in [0.25, 0.3) is 0 Å². The van der Waals surface area contributed by atoms with Crippen LogP contribution in [0.4, 0.5) is 17.1 Å². The van der Waals surface area contributed by atoms with E-state index in [2.05, 4.69) is 26.6 Å². The summed E-state index contributed by atoms with van der Waals surface area (Å²) in [6.45, 7) is 1.55. The first-order chi connectivity index (χ1) is 14.8. The van der Waals surface area contributed by atoms with Gasteiger partial charge in [-0.3, -0.25) is 24.5 Å². The van der Waals surface area contributed by atoms with Gasteiger partial charge in [0.15, 0.2) is 6.61 Å². The molecule has 0 unspecified atom stereocenters. The predicted molar refractivity (Wildman–Crippen MR) is 119 cm³/mol. The number of carbonyl (C=O) groups is 3. The normalized spacial score (nSPS) is 10.3. The van der Waals surface area contributed by atoms with Gasteiger partial charge in [0.25, 0.3) is 11.6 Å². The first-order valence-electron chi connectivity index (χ1n) is 9.56. The Bertz CT molecular complexity index is 979. The summed E-state index contributed by atoms with van der Waals surface area (Å²) in [6, 6.07) is 11.0. The van der Waals surface area contributed by atoms with E-state index in [4.69, 9.17) is 4.74 Å². The Morgan fingerprint density at radius 1 is 1.06 bits per heavy atom. The first-order valence-corrected chi connectivity index (χ1v) is 10.4. The number of hydrogen-bond donors (Lipinski definition) is 2. The molecule has 2 aromatic rings. The van der Waals surface area contributed by atoms with Crippen LogP contribution in [-0.2, 0) is 25.5 Å². The van der Waals surface area contributed by atoms with Crippen LogP contribution >= 0.6 is 15.9 Å². The van der Waals surface area contributed by atoms with Crippen LogP contribution in [0.5, 0.6) is 0 Å². The van der Waals surface area contributed by atoms with Crippen LogP contribution in [0.1, 0.15) is 31.7 Å². The Morgan fingerprint density at radius 2 is 1.84 bits per heavy atom. The molecule has 2 N–H and O–H groups in total. The Balaban J connectivity index is 1.70. The van der Waals surface area contributed by atoms with Crippen molar-refractivity contribution >= 4 is 50.8 Å². The molecule has 0 aliphatic carbocycles. The highest BCUT2D eigenvalue weighted by Crippen LogP contribution is 2.21. The van der Waals surface area contributed by atoms with E-state index in [9.17, 15) is 24.5 Å². The molecule has 0 aromatic heterocycles. The average molecular weight is 492 g/mol. The van der Waals surface area contributed by atoms with E-state index in [0.717, 1.165) is 16.5 Å². The number of rotatable bonds is 10. The van der Waals surface area contributed by atoms with Crippen molar-refractivity contribution in [2.75, 3.05) is 17.2 Å². The lowest BCUT2D eigenvalue weighted by molar-refractivity contribution is -0.384. The van der Waals surface area contributed by atoms with Gasteiger partial charge in [-0.15, -0.1) is 0 Å². The van der Waals surface area contributed by atoms with Crippen molar-refractivity contribution in [3.8, 4) is 0 Å². The molecule has 9 nitrogen and oxygen atoms in total. The number of nitrogens with zero attached hydrogens (tertiary/aromatic N) is 1. The van der Waals surface area contributed by atoms with Gasteiger partial charge in [0, 0.05) is 40.8 Å². The molecule has 2 amide bonds. The lowest BCUT2D eigenvalue weighted by Gasteiger charge is -2.11. The monoisotopic (exact) mass is 491 g/mol. The Labute approximate surface area is 187 Å². The summed E-state index contributed by atoms with van der Waals surface area (Å²) in [5.41, 5.74) is 1.78. The fourth-order valence-corrected chi connectivity index (χ4v) is 3.10. The molecule has 0 heterocycles. The zero-order valence-electron chi connectivity index (χ0n) is 16.9. The molecule has 0 aliphatic heterocycles. The Kier molecular flexibility index (Phi) is 9.13. The predicted octanol–water partition coefficient (Wildman–Crippen LogP) is 4.21. The molecule has 0 aliphatic rings. The van der Waals surface area contributed by atoms with Gasteiger partial charge in [-0.1, -0.05) is 28.9 Å². The second kappa shape index (κ2) is 11.8. The number of aryl methyl sites for hydroxylation is 1. The molecule has 2 aromatic carbocycles. The van der Waals surface area contributed by atoms with E-state index < -0.39 is 23.4 Å². The molecule has 0 atom stereocenters. The van der Waals surface area contributed by atoms with Crippen molar-refractivity contribution in [1.82, 2.24) is 0 Å². The van der Waals surface area contributed by atoms with Gasteiger partial charge in [0.2, 0.25) is 5.91 Å². The smallest absolute Gasteiger partial charge is 0.306 e. The van der Waals surface area contributed by atoms with E-state index in [1.54, 1.807) is 12.1 Å². The van der Waals surface area contributed by atoms with Crippen LogP contribution in [-0.4, -0.2) is 29.3 Å². The Morgan fingerprint density at radius 3 is 2.55 bits per heavy atom. The van der Waals surface area contributed by atoms with Crippen LogP contribution < -0.4 is 10.6 Å². The summed E-state index contributed by atoms with van der Waals surface area (Å²) < 4.78 is 5.85. The number of nitrogens with one attached hydrogen (secondary N) is 2. The molecule has 0 bridgehead atoms. The fraction of sp³-hybridized carbons (Fsp3) is 0.286. The summed E-state index contributed by atoms with van der Waals surface area (Å²) in [4.78, 5) is 46.0. The largest absolute Gasteiger partial charge is 0.456 e. The van der Waals surface area contributed by atoms with Gasteiger partial charge in [0.05, 0.1) is 4.92 Å². The summed E-state index contributed by atoms with van der Waals surface area (Å²) >= 11 is 3.38.